The molecule has 6 heteroatoms. The maximum absolute atomic E-state index is 12.7. The molecule has 0 radical (unpaired) electrons. The first-order valence-electron chi connectivity index (χ1n) is 9.30. The molecule has 2 heterocycles. The quantitative estimate of drug-likeness (QED) is 0.641. The number of anilines is 1. The highest BCUT2D eigenvalue weighted by Gasteiger charge is 2.21. The highest BCUT2D eigenvalue weighted by atomic mass is 32.1. The highest BCUT2D eigenvalue weighted by molar-refractivity contribution is 7.20. The van der Waals surface area contributed by atoms with E-state index in [1.165, 1.54) is 11.3 Å². The number of thiophene rings is 1. The van der Waals surface area contributed by atoms with Gasteiger partial charge in [-0.3, -0.25) is 9.48 Å². The topological polar surface area (TPSA) is 67.2 Å². The molecule has 1 unspecified atom stereocenters. The summed E-state index contributed by atoms with van der Waals surface area (Å²) in [5.41, 5.74) is 2.78. The second-order valence-corrected chi connectivity index (χ2v) is 7.95. The van der Waals surface area contributed by atoms with Gasteiger partial charge in [0.2, 0.25) is 0 Å². The fourth-order valence-electron chi connectivity index (χ4n) is 3.51. The molecule has 27 heavy (non-hydrogen) atoms. The number of fused-ring (bicyclic) bond motifs is 1. The summed E-state index contributed by atoms with van der Waals surface area (Å²) in [5.74, 6) is -0.0967. The van der Waals surface area contributed by atoms with Gasteiger partial charge in [-0.2, -0.15) is 5.10 Å². The average Bonchev–Trinajstić information content (AvgIpc) is 3.25. The zero-order valence-electron chi connectivity index (χ0n) is 15.3. The molecule has 0 fully saturated rings. The van der Waals surface area contributed by atoms with Gasteiger partial charge in [0.15, 0.2) is 0 Å². The Kier molecular flexibility index (Phi) is 5.09. The van der Waals surface area contributed by atoms with Gasteiger partial charge >= 0.3 is 0 Å². The number of aromatic nitrogens is 2. The van der Waals surface area contributed by atoms with E-state index in [1.807, 2.05) is 37.3 Å². The summed E-state index contributed by atoms with van der Waals surface area (Å²) in [5, 5.41) is 17.8. The molecule has 4 rings (SSSR count). The molecule has 3 aromatic rings. The number of aliphatic hydroxyl groups is 1. The molecular formula is C21H23N3O2S. The van der Waals surface area contributed by atoms with Crippen LogP contribution in [0.5, 0.6) is 0 Å². The van der Waals surface area contributed by atoms with E-state index in [2.05, 4.69) is 22.2 Å². The zero-order valence-corrected chi connectivity index (χ0v) is 16.1. The molecule has 5 nitrogen and oxygen atoms in total. The van der Waals surface area contributed by atoms with Crippen LogP contribution in [-0.2, 0) is 6.42 Å². The molecule has 0 spiro atoms. The number of benzene rings is 1. The third-order valence-electron chi connectivity index (χ3n) is 4.99. The first kappa shape index (κ1) is 17.9. The molecule has 1 amide bonds. The smallest absolute Gasteiger partial charge is 0.265 e. The molecular weight excluding hydrogens is 358 g/mol. The predicted octanol–water partition coefficient (Wildman–Crippen LogP) is 4.47. The van der Waals surface area contributed by atoms with Crippen LogP contribution in [0, 0.1) is 6.92 Å². The van der Waals surface area contributed by atoms with E-state index in [4.69, 9.17) is 10.2 Å². The monoisotopic (exact) mass is 381 g/mol. The zero-order chi connectivity index (χ0) is 18.8. The second kappa shape index (κ2) is 7.66. The first-order valence-corrected chi connectivity index (χ1v) is 10.1. The van der Waals surface area contributed by atoms with Gasteiger partial charge in [0.25, 0.3) is 5.91 Å². The molecule has 1 aliphatic rings. The van der Waals surface area contributed by atoms with E-state index in [9.17, 15) is 4.79 Å². The summed E-state index contributed by atoms with van der Waals surface area (Å²) >= 11 is 1.51. The van der Waals surface area contributed by atoms with Gasteiger partial charge in [-0.1, -0.05) is 24.3 Å². The number of carbonyl (C=O) groups is 1. The van der Waals surface area contributed by atoms with Crippen molar-refractivity contribution in [3.05, 3.63) is 58.6 Å². The lowest BCUT2D eigenvalue weighted by atomic mass is 10.0. The third-order valence-corrected chi connectivity index (χ3v) is 6.11. The van der Waals surface area contributed by atoms with Crippen molar-refractivity contribution in [3.8, 4) is 0 Å². The van der Waals surface area contributed by atoms with Crippen LogP contribution in [0.3, 0.4) is 0 Å². The molecule has 0 saturated heterocycles. The van der Waals surface area contributed by atoms with Gasteiger partial charge in [-0.25, -0.2) is 0 Å². The number of carbonyl (C=O) groups excluding carboxylic acids is 1. The number of amides is 1. The van der Waals surface area contributed by atoms with Crippen LogP contribution in [0.15, 0.2) is 42.5 Å². The number of aliphatic hydroxyl groups excluding tert-OH is 1. The summed E-state index contributed by atoms with van der Waals surface area (Å²) in [4.78, 5) is 14.5. The van der Waals surface area contributed by atoms with Crippen LogP contribution in [0.1, 0.15) is 46.2 Å². The van der Waals surface area contributed by atoms with Crippen molar-refractivity contribution < 1.29 is 9.90 Å². The van der Waals surface area contributed by atoms with Crippen LogP contribution in [0.2, 0.25) is 0 Å². The Hall–Kier alpha value is -2.44. The predicted molar refractivity (Wildman–Crippen MR) is 110 cm³/mol. The second-order valence-electron chi connectivity index (χ2n) is 6.92. The van der Waals surface area contributed by atoms with Crippen LogP contribution in [-0.4, -0.2) is 27.4 Å². The Balaban J connectivity index is 1.56. The van der Waals surface area contributed by atoms with Gasteiger partial charge in [0, 0.05) is 17.7 Å². The molecule has 0 bridgehead atoms. The van der Waals surface area contributed by atoms with Crippen molar-refractivity contribution in [1.82, 2.24) is 9.78 Å². The Morgan fingerprint density at radius 3 is 2.85 bits per heavy atom. The SMILES string of the molecule is Cc1nn(C2CC=CCC2)c2sc(C(=O)Nc3ccc(CCO)cc3)cc12. The van der Waals surface area contributed by atoms with Gasteiger partial charge in [-0.15, -0.1) is 11.3 Å². The number of rotatable bonds is 5. The van der Waals surface area contributed by atoms with E-state index in [-0.39, 0.29) is 12.5 Å². The standard InChI is InChI=1S/C21H23N3O2S/c1-14-18-13-19(20(26)22-16-9-7-15(8-10-16)11-12-25)27-21(18)24(23-14)17-5-3-2-4-6-17/h2-3,7-10,13,17,25H,4-6,11-12H2,1H3,(H,22,26). The maximum atomic E-state index is 12.7. The normalized spacial score (nSPS) is 16.7. The number of nitrogens with one attached hydrogen (secondary N) is 1. The van der Waals surface area contributed by atoms with Gasteiger partial charge < -0.3 is 10.4 Å². The Morgan fingerprint density at radius 1 is 1.33 bits per heavy atom. The number of nitrogens with zero attached hydrogens (tertiary/aromatic N) is 2. The Bertz CT molecular complexity index is 985. The molecule has 1 aromatic carbocycles. The summed E-state index contributed by atoms with van der Waals surface area (Å²) in [7, 11) is 0. The van der Waals surface area contributed by atoms with Crippen molar-refractivity contribution in [2.45, 2.75) is 38.6 Å². The summed E-state index contributed by atoms with van der Waals surface area (Å²) in [6.45, 7) is 2.13. The lowest BCUT2D eigenvalue weighted by molar-refractivity contribution is 0.103. The first-order chi connectivity index (χ1) is 13.2. The number of hydrogen-bond donors (Lipinski definition) is 2. The third kappa shape index (κ3) is 3.68. The van der Waals surface area contributed by atoms with E-state index in [0.717, 1.165) is 46.4 Å². The van der Waals surface area contributed by atoms with Crippen molar-refractivity contribution in [1.29, 1.82) is 0 Å². The van der Waals surface area contributed by atoms with Crippen molar-refractivity contribution in [3.63, 3.8) is 0 Å². The summed E-state index contributed by atoms with van der Waals surface area (Å²) in [6.07, 6.45) is 8.23. The van der Waals surface area contributed by atoms with Crippen molar-refractivity contribution in [2.75, 3.05) is 11.9 Å². The molecule has 140 valence electrons. The summed E-state index contributed by atoms with van der Waals surface area (Å²) < 4.78 is 2.11. The number of allylic oxidation sites excluding steroid dienone is 2. The van der Waals surface area contributed by atoms with Crippen molar-refractivity contribution >= 4 is 33.1 Å². The molecule has 2 N–H and O–H groups in total. The van der Waals surface area contributed by atoms with Crippen LogP contribution in [0.25, 0.3) is 10.2 Å². The molecule has 2 aromatic heterocycles. The van der Waals surface area contributed by atoms with Crippen LogP contribution >= 0.6 is 11.3 Å². The maximum Gasteiger partial charge on any atom is 0.265 e. The minimum atomic E-state index is -0.0967. The highest BCUT2D eigenvalue weighted by Crippen LogP contribution is 2.34. The van der Waals surface area contributed by atoms with Gasteiger partial charge in [0.05, 0.1) is 16.6 Å². The van der Waals surface area contributed by atoms with E-state index < -0.39 is 0 Å². The fourth-order valence-corrected chi connectivity index (χ4v) is 4.64. The van der Waals surface area contributed by atoms with E-state index in [0.29, 0.717) is 17.3 Å². The molecule has 0 saturated carbocycles. The minimum absolute atomic E-state index is 0.0967. The summed E-state index contributed by atoms with van der Waals surface area (Å²) in [6, 6.07) is 9.92. The van der Waals surface area contributed by atoms with Crippen molar-refractivity contribution in [2.24, 2.45) is 0 Å². The molecule has 0 aliphatic heterocycles. The van der Waals surface area contributed by atoms with Crippen LogP contribution in [0.4, 0.5) is 5.69 Å². The van der Waals surface area contributed by atoms with E-state index in [1.54, 1.807) is 0 Å². The molecule has 1 atom stereocenters. The van der Waals surface area contributed by atoms with E-state index >= 15 is 0 Å². The lowest BCUT2D eigenvalue weighted by Gasteiger charge is -2.18. The van der Waals surface area contributed by atoms with Gasteiger partial charge in [0.1, 0.15) is 4.83 Å². The van der Waals surface area contributed by atoms with Crippen LogP contribution < -0.4 is 5.32 Å². The number of hydrogen-bond acceptors (Lipinski definition) is 4. The largest absolute Gasteiger partial charge is 0.396 e. The average molecular weight is 382 g/mol. The Morgan fingerprint density at radius 2 is 2.15 bits per heavy atom. The minimum Gasteiger partial charge on any atom is -0.396 e. The lowest BCUT2D eigenvalue weighted by Crippen LogP contribution is -2.12. The Labute approximate surface area is 162 Å². The number of aryl methyl sites for hydroxylation is 1. The van der Waals surface area contributed by atoms with Gasteiger partial charge in [-0.05, 0) is 56.4 Å². The fraction of sp³-hybridized carbons (Fsp3) is 0.333. The molecule has 1 aliphatic carbocycles.